The van der Waals surface area contributed by atoms with Crippen LogP contribution < -0.4 is 4.90 Å². The van der Waals surface area contributed by atoms with Crippen molar-refractivity contribution in [2.75, 3.05) is 4.90 Å². The Bertz CT molecular complexity index is 3510. The fourth-order valence-corrected chi connectivity index (χ4v) is 10.1. The first-order valence-corrected chi connectivity index (χ1v) is 21.3. The first-order valence-electron chi connectivity index (χ1n) is 21.3. The molecule has 0 aliphatic heterocycles. The SMILES string of the molecule is CC1(C)c2ccccc2-c2ccc(N(c3cccc(-c4ccc(-c5ccc6c(c5)c5ccccc5n6-c5cccc6ccccc56)cc4)c3)c3ccc4ccccc4c3)cc21. The molecule has 0 spiro atoms. The number of fused-ring (bicyclic) bond motifs is 8. The Morgan fingerprint density at radius 2 is 0.934 bits per heavy atom. The lowest BCUT2D eigenvalue weighted by Crippen LogP contribution is -2.16. The summed E-state index contributed by atoms with van der Waals surface area (Å²) in [4.78, 5) is 2.42. The molecule has 2 heteroatoms. The van der Waals surface area contributed by atoms with Crippen LogP contribution in [0.3, 0.4) is 0 Å². The van der Waals surface area contributed by atoms with Gasteiger partial charge in [0.05, 0.1) is 16.7 Å². The Hall–Kier alpha value is -7.68. The molecule has 0 unspecified atom stereocenters. The van der Waals surface area contributed by atoms with Gasteiger partial charge in [-0.15, -0.1) is 0 Å². The Kier molecular flexibility index (Phi) is 7.92. The van der Waals surface area contributed by atoms with Crippen molar-refractivity contribution in [3.05, 3.63) is 230 Å². The molecule has 0 fully saturated rings. The van der Waals surface area contributed by atoms with Gasteiger partial charge in [0, 0.05) is 38.6 Å². The van der Waals surface area contributed by atoms with Crippen LogP contribution in [0.25, 0.3) is 82.4 Å². The third kappa shape index (κ3) is 5.64. The summed E-state index contributed by atoms with van der Waals surface area (Å²) in [6, 6.07) is 80.4. The van der Waals surface area contributed by atoms with Crippen LogP contribution in [0.2, 0.25) is 0 Å². The van der Waals surface area contributed by atoms with Gasteiger partial charge in [0.1, 0.15) is 0 Å². The highest BCUT2D eigenvalue weighted by atomic mass is 15.1. The summed E-state index contributed by atoms with van der Waals surface area (Å²) < 4.78 is 2.43. The van der Waals surface area contributed by atoms with Gasteiger partial charge >= 0.3 is 0 Å². The molecule has 0 N–H and O–H groups in total. The van der Waals surface area contributed by atoms with Gasteiger partial charge in [0.2, 0.25) is 0 Å². The third-order valence-electron chi connectivity index (χ3n) is 13.2. The van der Waals surface area contributed by atoms with Crippen LogP contribution in [0.15, 0.2) is 218 Å². The predicted molar refractivity (Wildman–Crippen MR) is 259 cm³/mol. The van der Waals surface area contributed by atoms with Crippen LogP contribution in [0.5, 0.6) is 0 Å². The van der Waals surface area contributed by atoms with E-state index in [0.717, 1.165) is 17.1 Å². The summed E-state index contributed by atoms with van der Waals surface area (Å²) in [7, 11) is 0. The number of nitrogens with zero attached hydrogens (tertiary/aromatic N) is 2. The maximum atomic E-state index is 2.43. The van der Waals surface area contributed by atoms with Gasteiger partial charge in [0.25, 0.3) is 0 Å². The van der Waals surface area contributed by atoms with Gasteiger partial charge in [0.15, 0.2) is 0 Å². The number of rotatable bonds is 6. The van der Waals surface area contributed by atoms with E-state index in [4.69, 9.17) is 0 Å². The molecule has 61 heavy (non-hydrogen) atoms. The monoisotopic (exact) mass is 778 g/mol. The lowest BCUT2D eigenvalue weighted by atomic mass is 9.82. The number of para-hydroxylation sites is 1. The van der Waals surface area contributed by atoms with E-state index in [1.165, 1.54) is 93.5 Å². The maximum Gasteiger partial charge on any atom is 0.0541 e. The molecule has 0 amide bonds. The smallest absolute Gasteiger partial charge is 0.0541 e. The fraction of sp³-hybridized carbons (Fsp3) is 0.0508. The number of benzene rings is 10. The minimum Gasteiger partial charge on any atom is -0.310 e. The maximum absolute atomic E-state index is 2.43. The normalized spacial score (nSPS) is 12.9. The minimum absolute atomic E-state index is 0.0982. The molecule has 1 aliphatic rings. The summed E-state index contributed by atoms with van der Waals surface area (Å²) in [6.07, 6.45) is 0. The minimum atomic E-state index is -0.0982. The highest BCUT2D eigenvalue weighted by Crippen LogP contribution is 2.51. The summed E-state index contributed by atoms with van der Waals surface area (Å²) in [6.45, 7) is 4.71. The van der Waals surface area contributed by atoms with E-state index in [1.807, 2.05) is 0 Å². The number of hydrogen-bond acceptors (Lipinski definition) is 1. The van der Waals surface area contributed by atoms with Crippen LogP contribution in [0.4, 0.5) is 17.1 Å². The molecule has 288 valence electrons. The summed E-state index contributed by atoms with van der Waals surface area (Å²) in [5.41, 5.74) is 17.1. The molecular weight excluding hydrogens is 737 g/mol. The Balaban J connectivity index is 0.929. The molecule has 0 saturated carbocycles. The average Bonchev–Trinajstić information content (AvgIpc) is 3.76. The fourth-order valence-electron chi connectivity index (χ4n) is 10.1. The number of hydrogen-bond donors (Lipinski definition) is 0. The Labute approximate surface area is 356 Å². The summed E-state index contributed by atoms with van der Waals surface area (Å²) >= 11 is 0. The summed E-state index contributed by atoms with van der Waals surface area (Å²) in [5, 5.41) is 7.47. The zero-order valence-corrected chi connectivity index (χ0v) is 34.2. The summed E-state index contributed by atoms with van der Waals surface area (Å²) in [5.74, 6) is 0. The molecule has 10 aromatic carbocycles. The number of anilines is 3. The van der Waals surface area contributed by atoms with E-state index in [0.29, 0.717) is 0 Å². The highest BCUT2D eigenvalue weighted by molar-refractivity contribution is 6.11. The second kappa shape index (κ2) is 13.7. The van der Waals surface area contributed by atoms with E-state index in [-0.39, 0.29) is 5.41 Å². The van der Waals surface area contributed by atoms with Crippen molar-refractivity contribution in [3.63, 3.8) is 0 Å². The van der Waals surface area contributed by atoms with Gasteiger partial charge in [-0.05, 0) is 121 Å². The second-order valence-corrected chi connectivity index (χ2v) is 17.0. The van der Waals surface area contributed by atoms with E-state index in [2.05, 4.69) is 242 Å². The molecule has 1 heterocycles. The molecule has 0 bridgehead atoms. The van der Waals surface area contributed by atoms with E-state index in [1.54, 1.807) is 0 Å². The first kappa shape index (κ1) is 35.3. The lowest BCUT2D eigenvalue weighted by molar-refractivity contribution is 0.660. The zero-order valence-electron chi connectivity index (χ0n) is 34.2. The zero-order chi connectivity index (χ0) is 40.7. The van der Waals surface area contributed by atoms with Crippen molar-refractivity contribution in [2.45, 2.75) is 19.3 Å². The molecule has 12 rings (SSSR count). The topological polar surface area (TPSA) is 8.17 Å². The standard InChI is InChI=1S/C59H42N2/c1-59(2)54-22-9-7-20-50(54)51-33-32-48(38-55(51)59)60(47-31-29-39-13-3-4-15-43(39)36-47)46-18-11-17-44(35-46)40-25-27-41(28-26-40)45-30-34-58-53(37-45)52-21-8-10-23-57(52)61(58)56-24-12-16-42-14-5-6-19-49(42)56/h3-38H,1-2H3. The predicted octanol–water partition coefficient (Wildman–Crippen LogP) is 16.2. The lowest BCUT2D eigenvalue weighted by Gasteiger charge is -2.28. The molecular formula is C59H42N2. The molecule has 2 nitrogen and oxygen atoms in total. The molecule has 11 aromatic rings. The van der Waals surface area contributed by atoms with E-state index in [9.17, 15) is 0 Å². The van der Waals surface area contributed by atoms with Crippen LogP contribution in [-0.2, 0) is 5.41 Å². The van der Waals surface area contributed by atoms with Gasteiger partial charge in [-0.1, -0.05) is 172 Å². The molecule has 0 radical (unpaired) electrons. The molecule has 1 aliphatic carbocycles. The van der Waals surface area contributed by atoms with Crippen molar-refractivity contribution >= 4 is 60.4 Å². The van der Waals surface area contributed by atoms with E-state index < -0.39 is 0 Å². The first-order chi connectivity index (χ1) is 30.0. The van der Waals surface area contributed by atoms with Crippen molar-refractivity contribution in [3.8, 4) is 39.1 Å². The van der Waals surface area contributed by atoms with Crippen molar-refractivity contribution < 1.29 is 0 Å². The second-order valence-electron chi connectivity index (χ2n) is 17.0. The third-order valence-corrected chi connectivity index (χ3v) is 13.2. The van der Waals surface area contributed by atoms with Gasteiger partial charge in [-0.3, -0.25) is 0 Å². The van der Waals surface area contributed by atoms with Crippen molar-refractivity contribution in [1.29, 1.82) is 0 Å². The van der Waals surface area contributed by atoms with Crippen molar-refractivity contribution in [1.82, 2.24) is 4.57 Å². The van der Waals surface area contributed by atoms with Crippen molar-refractivity contribution in [2.24, 2.45) is 0 Å². The average molecular weight is 779 g/mol. The highest BCUT2D eigenvalue weighted by Gasteiger charge is 2.35. The van der Waals surface area contributed by atoms with Crippen LogP contribution in [-0.4, -0.2) is 4.57 Å². The molecule has 0 atom stereocenters. The van der Waals surface area contributed by atoms with Gasteiger partial charge in [-0.2, -0.15) is 0 Å². The Morgan fingerprint density at radius 3 is 1.79 bits per heavy atom. The van der Waals surface area contributed by atoms with Gasteiger partial charge < -0.3 is 9.47 Å². The van der Waals surface area contributed by atoms with E-state index >= 15 is 0 Å². The van der Waals surface area contributed by atoms with Crippen LogP contribution in [0, 0.1) is 0 Å². The molecule has 1 aromatic heterocycles. The van der Waals surface area contributed by atoms with Crippen LogP contribution >= 0.6 is 0 Å². The number of aromatic nitrogens is 1. The molecule has 0 saturated heterocycles. The quantitative estimate of drug-likeness (QED) is 0.163. The Morgan fingerprint density at radius 1 is 0.344 bits per heavy atom. The van der Waals surface area contributed by atoms with Gasteiger partial charge in [-0.25, -0.2) is 0 Å². The van der Waals surface area contributed by atoms with Crippen LogP contribution in [0.1, 0.15) is 25.0 Å². The largest absolute Gasteiger partial charge is 0.310 e.